The highest BCUT2D eigenvalue weighted by Gasteiger charge is 2.21. The van der Waals surface area contributed by atoms with Gasteiger partial charge < -0.3 is 14.8 Å². The third-order valence-electron chi connectivity index (χ3n) is 6.05. The summed E-state index contributed by atoms with van der Waals surface area (Å²) in [4.78, 5) is 16.5. The van der Waals surface area contributed by atoms with Crippen LogP contribution in [0, 0.1) is 17.8 Å². The smallest absolute Gasteiger partial charge is 0.311 e. The molecule has 1 aromatic heterocycles. The van der Waals surface area contributed by atoms with Gasteiger partial charge in [0.15, 0.2) is 6.61 Å². The van der Waals surface area contributed by atoms with Crippen LogP contribution in [0.3, 0.4) is 0 Å². The van der Waals surface area contributed by atoms with Gasteiger partial charge in [0.05, 0.1) is 18.5 Å². The largest absolute Gasteiger partial charge is 0.497 e. The van der Waals surface area contributed by atoms with Crippen LogP contribution in [0.15, 0.2) is 54.7 Å². The van der Waals surface area contributed by atoms with Crippen LogP contribution in [0.4, 0.5) is 0 Å². The molecule has 0 bridgehead atoms. The zero-order chi connectivity index (χ0) is 22.9. The van der Waals surface area contributed by atoms with E-state index in [1.807, 2.05) is 30.5 Å². The van der Waals surface area contributed by atoms with E-state index in [2.05, 4.69) is 46.4 Å². The zero-order valence-electron chi connectivity index (χ0n) is 19.1. The highest BCUT2D eigenvalue weighted by Crippen LogP contribution is 2.23. The fourth-order valence-corrected chi connectivity index (χ4v) is 4.18. The van der Waals surface area contributed by atoms with E-state index in [9.17, 15) is 4.79 Å². The zero-order valence-corrected chi connectivity index (χ0v) is 19.1. The Morgan fingerprint density at radius 1 is 1.15 bits per heavy atom. The molecular formula is C28H30N2O3. The Balaban J connectivity index is 1.25. The molecule has 0 spiro atoms. The van der Waals surface area contributed by atoms with E-state index in [1.54, 1.807) is 7.11 Å². The van der Waals surface area contributed by atoms with Gasteiger partial charge in [0, 0.05) is 23.7 Å². The molecular weight excluding hydrogens is 412 g/mol. The third kappa shape index (κ3) is 6.34. The molecule has 0 saturated carbocycles. The monoisotopic (exact) mass is 442 g/mol. The van der Waals surface area contributed by atoms with Crippen LogP contribution < -0.4 is 10.1 Å². The quantitative estimate of drug-likeness (QED) is 0.436. The van der Waals surface area contributed by atoms with E-state index >= 15 is 0 Å². The lowest BCUT2D eigenvalue weighted by molar-refractivity contribution is -0.147. The summed E-state index contributed by atoms with van der Waals surface area (Å²) < 4.78 is 10.7. The Morgan fingerprint density at radius 3 is 2.82 bits per heavy atom. The Morgan fingerprint density at radius 2 is 2.03 bits per heavy atom. The lowest BCUT2D eigenvalue weighted by Gasteiger charge is -2.20. The average Bonchev–Trinajstić information content (AvgIpc) is 2.87. The summed E-state index contributed by atoms with van der Waals surface area (Å²) in [6.07, 6.45) is 6.82. The summed E-state index contributed by atoms with van der Waals surface area (Å²) in [6.45, 7) is 1.83. The van der Waals surface area contributed by atoms with Gasteiger partial charge in [-0.2, -0.15) is 0 Å². The number of pyridine rings is 1. The summed E-state index contributed by atoms with van der Waals surface area (Å²) in [7, 11) is 1.69. The Bertz CT molecular complexity index is 1140. The minimum Gasteiger partial charge on any atom is -0.497 e. The van der Waals surface area contributed by atoms with Crippen molar-refractivity contribution in [2.75, 3.05) is 26.8 Å². The van der Waals surface area contributed by atoms with E-state index in [0.29, 0.717) is 6.54 Å². The van der Waals surface area contributed by atoms with E-state index in [-0.39, 0.29) is 18.5 Å². The number of carbonyl (C=O) groups is 1. The van der Waals surface area contributed by atoms with Gasteiger partial charge in [0.2, 0.25) is 0 Å². The lowest BCUT2D eigenvalue weighted by Crippen LogP contribution is -2.35. The first kappa shape index (κ1) is 22.8. The average molecular weight is 443 g/mol. The number of carbonyl (C=O) groups excluding carboxylic acids is 1. The molecule has 1 aliphatic heterocycles. The van der Waals surface area contributed by atoms with Crippen molar-refractivity contribution in [1.82, 2.24) is 10.3 Å². The van der Waals surface area contributed by atoms with Crippen molar-refractivity contribution in [3.05, 3.63) is 71.4 Å². The first-order chi connectivity index (χ1) is 16.2. The van der Waals surface area contributed by atoms with Gasteiger partial charge >= 0.3 is 5.97 Å². The van der Waals surface area contributed by atoms with Crippen molar-refractivity contribution in [1.29, 1.82) is 0 Å². The van der Waals surface area contributed by atoms with Gasteiger partial charge in [0.1, 0.15) is 5.75 Å². The molecule has 1 fully saturated rings. The number of ether oxygens (including phenoxy) is 2. The minimum atomic E-state index is -0.146. The number of aryl methyl sites for hydroxylation is 2. The number of fused-ring (bicyclic) bond motifs is 1. The lowest BCUT2D eigenvalue weighted by atomic mass is 10.0. The van der Waals surface area contributed by atoms with Crippen molar-refractivity contribution in [3.63, 3.8) is 0 Å². The first-order valence-electron chi connectivity index (χ1n) is 11.6. The van der Waals surface area contributed by atoms with Gasteiger partial charge in [-0.15, -0.1) is 0 Å². The molecule has 5 nitrogen and oxygen atoms in total. The van der Waals surface area contributed by atoms with E-state index in [4.69, 9.17) is 9.47 Å². The van der Waals surface area contributed by atoms with Gasteiger partial charge in [-0.1, -0.05) is 24.0 Å². The molecule has 0 aliphatic carbocycles. The summed E-state index contributed by atoms with van der Waals surface area (Å²) in [6, 6.07) is 16.4. The fraction of sp³-hybridized carbons (Fsp3) is 0.357. The molecule has 1 aliphatic rings. The van der Waals surface area contributed by atoms with E-state index < -0.39 is 0 Å². The van der Waals surface area contributed by atoms with Crippen LogP contribution in [0.25, 0.3) is 10.9 Å². The van der Waals surface area contributed by atoms with Crippen LogP contribution in [-0.4, -0.2) is 37.8 Å². The van der Waals surface area contributed by atoms with Gasteiger partial charge in [-0.3, -0.25) is 9.78 Å². The van der Waals surface area contributed by atoms with Crippen LogP contribution in [0.2, 0.25) is 0 Å². The molecule has 2 heterocycles. The molecule has 3 aromatic rings. The van der Waals surface area contributed by atoms with Crippen LogP contribution in [0.5, 0.6) is 5.75 Å². The van der Waals surface area contributed by atoms with Crippen molar-refractivity contribution < 1.29 is 14.3 Å². The Hall–Kier alpha value is -3.36. The number of benzene rings is 2. The summed E-state index contributed by atoms with van der Waals surface area (Å²) in [5.41, 5.74) is 4.51. The summed E-state index contributed by atoms with van der Waals surface area (Å²) >= 11 is 0. The number of nitrogens with zero attached hydrogens (tertiary/aromatic N) is 1. The second-order valence-electron chi connectivity index (χ2n) is 8.36. The molecule has 5 heteroatoms. The number of methoxy groups -OCH3 is 1. The molecule has 4 rings (SSSR count). The fourth-order valence-electron chi connectivity index (χ4n) is 4.18. The highest BCUT2D eigenvalue weighted by atomic mass is 16.5. The number of hydrogen-bond donors (Lipinski definition) is 1. The maximum absolute atomic E-state index is 12.0. The summed E-state index contributed by atoms with van der Waals surface area (Å²) in [5, 5.41) is 4.38. The maximum atomic E-state index is 12.0. The second-order valence-corrected chi connectivity index (χ2v) is 8.36. The number of hydrogen-bond acceptors (Lipinski definition) is 5. The predicted molar refractivity (Wildman–Crippen MR) is 130 cm³/mol. The van der Waals surface area contributed by atoms with Crippen molar-refractivity contribution in [2.45, 2.75) is 32.1 Å². The molecule has 1 saturated heterocycles. The summed E-state index contributed by atoms with van der Waals surface area (Å²) in [5.74, 6) is 6.71. The second kappa shape index (κ2) is 11.5. The van der Waals surface area contributed by atoms with Gasteiger partial charge in [-0.25, -0.2) is 0 Å². The van der Waals surface area contributed by atoms with Crippen molar-refractivity contribution >= 4 is 16.9 Å². The maximum Gasteiger partial charge on any atom is 0.311 e. The number of rotatable bonds is 7. The molecule has 1 atom stereocenters. The minimum absolute atomic E-state index is 0.0352. The Kier molecular flexibility index (Phi) is 7.94. The van der Waals surface area contributed by atoms with Gasteiger partial charge in [-0.05, 0) is 86.2 Å². The van der Waals surface area contributed by atoms with Crippen LogP contribution >= 0.6 is 0 Å². The number of aromatic nitrogens is 1. The number of piperidine rings is 1. The standard InChI is InChI=1S/C28H30N2O3/c1-32-25-13-14-27-26(19-25)23(15-17-30-27)7-2-5-21-9-11-22(12-10-21)6-4-18-33-28(31)24-8-3-16-29-20-24/h9-15,17,19,24,29H,2-3,5,7-8,16,18,20H2,1H3/t24-/m1/s1. The molecule has 170 valence electrons. The number of esters is 1. The normalized spacial score (nSPS) is 15.5. The third-order valence-corrected chi connectivity index (χ3v) is 6.05. The predicted octanol–water partition coefficient (Wildman–Crippen LogP) is 4.31. The van der Waals surface area contributed by atoms with Crippen LogP contribution in [0.1, 0.15) is 36.0 Å². The SMILES string of the molecule is COc1ccc2nccc(CCCc3ccc(C#CCOC(=O)[C@@H]4CCCNC4)cc3)c2c1. The topological polar surface area (TPSA) is 60.5 Å². The van der Waals surface area contributed by atoms with E-state index in [0.717, 1.165) is 60.9 Å². The molecule has 33 heavy (non-hydrogen) atoms. The van der Waals surface area contributed by atoms with Crippen molar-refractivity contribution in [3.8, 4) is 17.6 Å². The Labute approximate surface area is 195 Å². The molecule has 1 N–H and O–H groups in total. The number of nitrogens with one attached hydrogen (secondary N) is 1. The first-order valence-corrected chi connectivity index (χ1v) is 11.6. The molecule has 2 aromatic carbocycles. The van der Waals surface area contributed by atoms with E-state index in [1.165, 1.54) is 11.1 Å². The highest BCUT2D eigenvalue weighted by molar-refractivity contribution is 5.83. The van der Waals surface area contributed by atoms with Crippen LogP contribution in [-0.2, 0) is 22.4 Å². The molecule has 0 unspecified atom stereocenters. The molecule has 0 radical (unpaired) electrons. The van der Waals surface area contributed by atoms with Crippen molar-refractivity contribution in [2.24, 2.45) is 5.92 Å². The molecule has 0 amide bonds. The van der Waals surface area contributed by atoms with Gasteiger partial charge in [0.25, 0.3) is 0 Å².